The maximum atomic E-state index is 10.7. The van der Waals surface area contributed by atoms with Gasteiger partial charge in [0.1, 0.15) is 5.76 Å². The fourth-order valence-corrected chi connectivity index (χ4v) is 1.47. The molecule has 0 radical (unpaired) electrons. The summed E-state index contributed by atoms with van der Waals surface area (Å²) in [5.74, 6) is 0.386. The molecule has 1 aromatic carbocycles. The molecular formula is C13H12O2. The quantitative estimate of drug-likeness (QED) is 0.701. The Labute approximate surface area is 88.9 Å². The van der Waals surface area contributed by atoms with Crippen LogP contribution in [0.3, 0.4) is 0 Å². The fraction of sp³-hybridized carbons (Fsp3) is 0.154. The number of rotatable bonds is 3. The van der Waals surface area contributed by atoms with Crippen molar-refractivity contribution in [3.8, 4) is 0 Å². The van der Waals surface area contributed by atoms with Crippen molar-refractivity contribution in [3.63, 3.8) is 0 Å². The van der Waals surface area contributed by atoms with Crippen molar-refractivity contribution in [2.75, 3.05) is 0 Å². The summed E-state index contributed by atoms with van der Waals surface area (Å²) in [6, 6.07) is 10.2. The molecule has 76 valence electrons. The highest BCUT2D eigenvalue weighted by atomic mass is 16.5. The molecule has 0 N–H and O–H groups in total. The first-order valence-corrected chi connectivity index (χ1v) is 4.98. The van der Waals surface area contributed by atoms with Gasteiger partial charge in [-0.2, -0.15) is 0 Å². The van der Waals surface area contributed by atoms with Crippen LogP contribution in [0.5, 0.6) is 0 Å². The predicted octanol–water partition coefficient (Wildman–Crippen LogP) is 2.62. The average Bonchev–Trinajstić information content (AvgIpc) is 2.66. The van der Waals surface area contributed by atoms with Gasteiger partial charge >= 0.3 is 5.97 Å². The SMILES string of the molecule is O=C1C=C/C(=C/CCc2ccccc2)O1. The molecule has 1 aliphatic rings. The van der Waals surface area contributed by atoms with Gasteiger partial charge in [0, 0.05) is 6.08 Å². The molecule has 2 rings (SSSR count). The minimum atomic E-state index is -0.277. The van der Waals surface area contributed by atoms with Crippen LogP contribution in [-0.4, -0.2) is 5.97 Å². The van der Waals surface area contributed by atoms with Gasteiger partial charge in [-0.1, -0.05) is 30.3 Å². The summed E-state index contributed by atoms with van der Waals surface area (Å²) in [5.41, 5.74) is 1.29. The molecule has 0 saturated heterocycles. The van der Waals surface area contributed by atoms with Crippen LogP contribution in [0.1, 0.15) is 12.0 Å². The molecule has 0 bridgehead atoms. The Morgan fingerprint density at radius 2 is 1.93 bits per heavy atom. The van der Waals surface area contributed by atoms with Gasteiger partial charge in [0.2, 0.25) is 0 Å². The van der Waals surface area contributed by atoms with Crippen LogP contribution in [0.25, 0.3) is 0 Å². The lowest BCUT2D eigenvalue weighted by molar-refractivity contribution is -0.132. The average molecular weight is 200 g/mol. The standard InChI is InChI=1S/C13H12O2/c14-13-10-9-12(15-13)8-4-7-11-5-2-1-3-6-11/h1-3,5-6,8-10H,4,7H2/b12-8-. The van der Waals surface area contributed by atoms with Crippen molar-refractivity contribution in [1.82, 2.24) is 0 Å². The number of aryl methyl sites for hydroxylation is 1. The van der Waals surface area contributed by atoms with Crippen molar-refractivity contribution >= 4 is 5.97 Å². The van der Waals surface area contributed by atoms with Crippen molar-refractivity contribution < 1.29 is 9.53 Å². The van der Waals surface area contributed by atoms with E-state index in [1.807, 2.05) is 24.3 Å². The molecule has 0 saturated carbocycles. The summed E-state index contributed by atoms with van der Waals surface area (Å²) in [5, 5.41) is 0. The summed E-state index contributed by atoms with van der Waals surface area (Å²) in [7, 11) is 0. The summed E-state index contributed by atoms with van der Waals surface area (Å²) in [6.07, 6.45) is 6.93. The number of benzene rings is 1. The molecule has 0 fully saturated rings. The summed E-state index contributed by atoms with van der Waals surface area (Å²) in [6.45, 7) is 0. The number of ether oxygens (including phenoxy) is 1. The first kappa shape index (κ1) is 9.71. The maximum absolute atomic E-state index is 10.7. The first-order chi connectivity index (χ1) is 7.34. The third-order valence-electron chi connectivity index (χ3n) is 2.22. The minimum Gasteiger partial charge on any atom is -0.424 e. The molecule has 0 spiro atoms. The van der Waals surface area contributed by atoms with Crippen LogP contribution in [0.15, 0.2) is 54.3 Å². The van der Waals surface area contributed by atoms with Crippen molar-refractivity contribution in [1.29, 1.82) is 0 Å². The molecule has 0 atom stereocenters. The number of cyclic esters (lactones) is 1. The van der Waals surface area contributed by atoms with Crippen LogP contribution < -0.4 is 0 Å². The molecule has 0 aromatic heterocycles. The van der Waals surface area contributed by atoms with Gasteiger partial charge < -0.3 is 4.74 Å². The molecule has 0 aliphatic carbocycles. The Balaban J connectivity index is 1.85. The highest BCUT2D eigenvalue weighted by Crippen LogP contribution is 2.11. The highest BCUT2D eigenvalue weighted by molar-refractivity contribution is 5.86. The largest absolute Gasteiger partial charge is 0.424 e. The zero-order valence-corrected chi connectivity index (χ0v) is 8.35. The number of esters is 1. The Bertz CT molecular complexity index is 402. The molecule has 2 heteroatoms. The number of allylic oxidation sites excluding steroid dienone is 2. The zero-order valence-electron chi connectivity index (χ0n) is 8.35. The van der Waals surface area contributed by atoms with E-state index in [9.17, 15) is 4.79 Å². The lowest BCUT2D eigenvalue weighted by Crippen LogP contribution is -1.90. The van der Waals surface area contributed by atoms with Gasteiger partial charge in [0.15, 0.2) is 0 Å². The van der Waals surface area contributed by atoms with E-state index < -0.39 is 0 Å². The van der Waals surface area contributed by atoms with Crippen LogP contribution >= 0.6 is 0 Å². The summed E-state index contributed by atoms with van der Waals surface area (Å²) in [4.78, 5) is 10.7. The monoisotopic (exact) mass is 200 g/mol. The van der Waals surface area contributed by atoms with Gasteiger partial charge in [-0.05, 0) is 30.6 Å². The Morgan fingerprint density at radius 1 is 1.13 bits per heavy atom. The van der Waals surface area contributed by atoms with Gasteiger partial charge in [-0.25, -0.2) is 4.79 Å². The van der Waals surface area contributed by atoms with Gasteiger partial charge in [0.05, 0.1) is 0 Å². The van der Waals surface area contributed by atoms with Gasteiger partial charge in [-0.3, -0.25) is 0 Å². The van der Waals surface area contributed by atoms with E-state index in [2.05, 4.69) is 12.1 Å². The predicted molar refractivity (Wildman–Crippen MR) is 58.1 cm³/mol. The minimum absolute atomic E-state index is 0.277. The lowest BCUT2D eigenvalue weighted by Gasteiger charge is -1.98. The second-order valence-electron chi connectivity index (χ2n) is 3.39. The molecule has 0 amide bonds. The van der Waals surface area contributed by atoms with Crippen LogP contribution in [-0.2, 0) is 16.0 Å². The molecular weight excluding hydrogens is 188 g/mol. The van der Waals surface area contributed by atoms with Gasteiger partial charge in [0.25, 0.3) is 0 Å². The van der Waals surface area contributed by atoms with E-state index in [4.69, 9.17) is 4.74 Å². The van der Waals surface area contributed by atoms with Crippen molar-refractivity contribution in [2.45, 2.75) is 12.8 Å². The first-order valence-electron chi connectivity index (χ1n) is 4.98. The number of hydrogen-bond donors (Lipinski definition) is 0. The van der Waals surface area contributed by atoms with Gasteiger partial charge in [-0.15, -0.1) is 0 Å². The normalized spacial score (nSPS) is 17.1. The Hall–Kier alpha value is -1.83. The molecule has 2 nitrogen and oxygen atoms in total. The molecule has 1 aliphatic heterocycles. The third kappa shape index (κ3) is 2.81. The van der Waals surface area contributed by atoms with E-state index in [0.717, 1.165) is 12.8 Å². The van der Waals surface area contributed by atoms with E-state index in [1.54, 1.807) is 6.08 Å². The molecule has 0 unspecified atom stereocenters. The highest BCUT2D eigenvalue weighted by Gasteiger charge is 2.07. The lowest BCUT2D eigenvalue weighted by atomic mass is 10.1. The Kier molecular flexibility index (Phi) is 2.98. The van der Waals surface area contributed by atoms with Crippen LogP contribution in [0, 0.1) is 0 Å². The molecule has 1 heterocycles. The van der Waals surface area contributed by atoms with E-state index in [1.165, 1.54) is 11.6 Å². The second kappa shape index (κ2) is 4.60. The van der Waals surface area contributed by atoms with E-state index in [0.29, 0.717) is 5.76 Å². The number of carbonyl (C=O) groups excluding carboxylic acids is 1. The smallest absolute Gasteiger partial charge is 0.336 e. The van der Waals surface area contributed by atoms with E-state index in [-0.39, 0.29) is 5.97 Å². The summed E-state index contributed by atoms with van der Waals surface area (Å²) < 4.78 is 4.91. The molecule has 1 aromatic rings. The topological polar surface area (TPSA) is 26.3 Å². The fourth-order valence-electron chi connectivity index (χ4n) is 1.47. The third-order valence-corrected chi connectivity index (χ3v) is 2.22. The zero-order chi connectivity index (χ0) is 10.5. The molecule has 15 heavy (non-hydrogen) atoms. The van der Waals surface area contributed by atoms with Crippen molar-refractivity contribution in [2.24, 2.45) is 0 Å². The Morgan fingerprint density at radius 3 is 2.60 bits per heavy atom. The van der Waals surface area contributed by atoms with Crippen LogP contribution in [0.2, 0.25) is 0 Å². The van der Waals surface area contributed by atoms with E-state index >= 15 is 0 Å². The van der Waals surface area contributed by atoms with Crippen LogP contribution in [0.4, 0.5) is 0 Å². The van der Waals surface area contributed by atoms with Crippen molar-refractivity contribution in [3.05, 3.63) is 59.9 Å². The maximum Gasteiger partial charge on any atom is 0.336 e. The number of hydrogen-bond acceptors (Lipinski definition) is 2. The number of carbonyl (C=O) groups is 1. The second-order valence-corrected chi connectivity index (χ2v) is 3.39. The summed E-state index contributed by atoms with van der Waals surface area (Å²) >= 11 is 0.